The highest BCUT2D eigenvalue weighted by Gasteiger charge is 2.32. The van der Waals surface area contributed by atoms with Crippen LogP contribution in [0, 0.1) is 5.92 Å². The van der Waals surface area contributed by atoms with Crippen LogP contribution in [-0.4, -0.2) is 38.3 Å². The molecule has 1 aliphatic rings. The summed E-state index contributed by atoms with van der Waals surface area (Å²) in [5.74, 6) is -0.0622. The van der Waals surface area contributed by atoms with E-state index in [1.54, 1.807) is 7.11 Å². The van der Waals surface area contributed by atoms with E-state index in [2.05, 4.69) is 22.8 Å². The largest absolute Gasteiger partial charge is 0.379 e. The molecule has 1 aromatic carbocycles. The maximum Gasteiger partial charge on any atom is 0.225 e. The lowest BCUT2D eigenvalue weighted by Gasteiger charge is -2.27. The van der Waals surface area contributed by atoms with Crippen molar-refractivity contribution >= 4 is 18.3 Å². The quantitative estimate of drug-likeness (QED) is 0.807. The smallest absolute Gasteiger partial charge is 0.225 e. The monoisotopic (exact) mass is 326 g/mol. The Morgan fingerprint density at radius 2 is 2.14 bits per heavy atom. The number of halogens is 1. The summed E-state index contributed by atoms with van der Waals surface area (Å²) in [7, 11) is 1.69. The Bertz CT molecular complexity index is 436. The van der Waals surface area contributed by atoms with Gasteiger partial charge in [0, 0.05) is 19.7 Å². The van der Waals surface area contributed by atoms with Gasteiger partial charge in [-0.2, -0.15) is 0 Å². The SMILES string of the molecule is CO[C@@H]([C@@H]1CCCN1)[C@@H](C)C(=O)NCCc1ccccc1.Cl. The Hall–Kier alpha value is -1.10. The highest BCUT2D eigenvalue weighted by atomic mass is 35.5. The summed E-state index contributed by atoms with van der Waals surface area (Å²) >= 11 is 0. The number of carbonyl (C=O) groups is 1. The highest BCUT2D eigenvalue weighted by molar-refractivity contribution is 5.85. The van der Waals surface area contributed by atoms with Gasteiger partial charge in [0.15, 0.2) is 0 Å². The lowest BCUT2D eigenvalue weighted by Crippen LogP contribution is -2.46. The summed E-state index contributed by atoms with van der Waals surface area (Å²) in [5.41, 5.74) is 1.24. The first-order valence-electron chi connectivity index (χ1n) is 7.80. The van der Waals surface area contributed by atoms with Crippen LogP contribution in [0.5, 0.6) is 0 Å². The molecule has 0 radical (unpaired) electrons. The third kappa shape index (κ3) is 5.27. The van der Waals surface area contributed by atoms with E-state index < -0.39 is 0 Å². The predicted octanol–water partition coefficient (Wildman–Crippen LogP) is 2.17. The van der Waals surface area contributed by atoms with Gasteiger partial charge in [-0.25, -0.2) is 0 Å². The van der Waals surface area contributed by atoms with Crippen LogP contribution in [-0.2, 0) is 16.0 Å². The van der Waals surface area contributed by atoms with Gasteiger partial charge in [-0.3, -0.25) is 4.79 Å². The van der Waals surface area contributed by atoms with Crippen molar-refractivity contribution in [1.82, 2.24) is 10.6 Å². The van der Waals surface area contributed by atoms with E-state index >= 15 is 0 Å². The minimum atomic E-state index is -0.138. The van der Waals surface area contributed by atoms with Crippen molar-refractivity contribution in [2.45, 2.75) is 38.3 Å². The molecule has 0 aliphatic carbocycles. The number of amides is 1. The number of carbonyl (C=O) groups excluding carboxylic acids is 1. The molecule has 1 saturated heterocycles. The van der Waals surface area contributed by atoms with Gasteiger partial charge in [0.05, 0.1) is 12.0 Å². The Morgan fingerprint density at radius 1 is 1.41 bits per heavy atom. The topological polar surface area (TPSA) is 50.4 Å². The molecule has 0 unspecified atom stereocenters. The van der Waals surface area contributed by atoms with Crippen molar-refractivity contribution in [3.8, 4) is 0 Å². The van der Waals surface area contributed by atoms with Gasteiger partial charge in [-0.1, -0.05) is 37.3 Å². The first kappa shape index (κ1) is 18.9. The van der Waals surface area contributed by atoms with Gasteiger partial charge in [-0.05, 0) is 31.4 Å². The van der Waals surface area contributed by atoms with Crippen LogP contribution in [0.15, 0.2) is 30.3 Å². The Kier molecular flexibility index (Phi) is 8.46. The predicted molar refractivity (Wildman–Crippen MR) is 91.4 cm³/mol. The summed E-state index contributed by atoms with van der Waals surface area (Å²) in [6.45, 7) is 3.64. The molecule has 0 saturated carbocycles. The molecule has 0 aromatic heterocycles. The van der Waals surface area contributed by atoms with Gasteiger partial charge < -0.3 is 15.4 Å². The molecule has 1 aliphatic heterocycles. The molecule has 1 heterocycles. The Labute approximate surface area is 139 Å². The van der Waals surface area contributed by atoms with E-state index in [-0.39, 0.29) is 30.3 Å². The summed E-state index contributed by atoms with van der Waals surface area (Å²) in [6.07, 6.45) is 3.05. The lowest BCUT2D eigenvalue weighted by atomic mass is 9.95. The fourth-order valence-electron chi connectivity index (χ4n) is 2.99. The summed E-state index contributed by atoms with van der Waals surface area (Å²) < 4.78 is 5.56. The first-order valence-corrected chi connectivity index (χ1v) is 7.80. The third-order valence-corrected chi connectivity index (χ3v) is 4.23. The minimum absolute atomic E-state index is 0. The normalized spacial score (nSPS) is 20.0. The van der Waals surface area contributed by atoms with Crippen molar-refractivity contribution in [1.29, 1.82) is 0 Å². The van der Waals surface area contributed by atoms with Crippen LogP contribution in [0.4, 0.5) is 0 Å². The molecule has 4 nitrogen and oxygen atoms in total. The highest BCUT2D eigenvalue weighted by Crippen LogP contribution is 2.18. The molecule has 3 atom stereocenters. The number of hydrogen-bond acceptors (Lipinski definition) is 3. The van der Waals surface area contributed by atoms with Crippen LogP contribution >= 0.6 is 12.4 Å². The van der Waals surface area contributed by atoms with Crippen LogP contribution in [0.1, 0.15) is 25.3 Å². The van der Waals surface area contributed by atoms with Gasteiger partial charge >= 0.3 is 0 Å². The molecular formula is C17H27ClN2O2. The van der Waals surface area contributed by atoms with E-state index in [1.807, 2.05) is 25.1 Å². The second-order valence-corrected chi connectivity index (χ2v) is 5.72. The molecule has 0 bridgehead atoms. The van der Waals surface area contributed by atoms with Crippen LogP contribution in [0.2, 0.25) is 0 Å². The zero-order valence-corrected chi connectivity index (χ0v) is 14.2. The van der Waals surface area contributed by atoms with E-state index in [4.69, 9.17) is 4.74 Å². The first-order chi connectivity index (χ1) is 10.2. The molecule has 2 rings (SSSR count). The molecule has 22 heavy (non-hydrogen) atoms. The second kappa shape index (κ2) is 9.82. The zero-order chi connectivity index (χ0) is 15.1. The molecule has 5 heteroatoms. The fourth-order valence-corrected chi connectivity index (χ4v) is 2.99. The summed E-state index contributed by atoms with van der Waals surface area (Å²) in [6, 6.07) is 10.5. The lowest BCUT2D eigenvalue weighted by molar-refractivity contribution is -0.129. The third-order valence-electron chi connectivity index (χ3n) is 4.23. The van der Waals surface area contributed by atoms with Crippen molar-refractivity contribution in [2.24, 2.45) is 5.92 Å². The number of nitrogens with one attached hydrogen (secondary N) is 2. The summed E-state index contributed by atoms with van der Waals surface area (Å²) in [4.78, 5) is 12.3. The zero-order valence-electron chi connectivity index (χ0n) is 13.4. The van der Waals surface area contributed by atoms with Crippen molar-refractivity contribution < 1.29 is 9.53 Å². The fraction of sp³-hybridized carbons (Fsp3) is 0.588. The average molecular weight is 327 g/mol. The van der Waals surface area contributed by atoms with Gasteiger partial charge in [0.2, 0.25) is 5.91 Å². The van der Waals surface area contributed by atoms with Gasteiger partial charge in [-0.15, -0.1) is 12.4 Å². The van der Waals surface area contributed by atoms with E-state index in [0.717, 1.165) is 25.8 Å². The average Bonchev–Trinajstić information content (AvgIpc) is 3.03. The van der Waals surface area contributed by atoms with Crippen LogP contribution < -0.4 is 10.6 Å². The summed E-state index contributed by atoms with van der Waals surface area (Å²) in [5, 5.41) is 6.44. The number of hydrogen-bond donors (Lipinski definition) is 2. The van der Waals surface area contributed by atoms with Crippen LogP contribution in [0.3, 0.4) is 0 Å². The molecule has 1 aromatic rings. The molecule has 1 amide bonds. The molecule has 124 valence electrons. The number of benzene rings is 1. The maximum atomic E-state index is 12.3. The molecular weight excluding hydrogens is 300 g/mol. The van der Waals surface area contributed by atoms with Gasteiger partial charge in [0.25, 0.3) is 0 Å². The molecule has 0 spiro atoms. The standard InChI is InChI=1S/C17H26N2O2.ClH/c1-13(16(21-2)15-9-6-11-18-15)17(20)19-12-10-14-7-4-3-5-8-14;/h3-5,7-8,13,15-16,18H,6,9-12H2,1-2H3,(H,19,20);1H/t13-,15+,16-;/m1./s1. The second-order valence-electron chi connectivity index (χ2n) is 5.72. The van der Waals surface area contributed by atoms with Crippen LogP contribution in [0.25, 0.3) is 0 Å². The molecule has 2 N–H and O–H groups in total. The number of rotatable bonds is 7. The number of methoxy groups -OCH3 is 1. The van der Waals surface area contributed by atoms with Crippen molar-refractivity contribution in [2.75, 3.05) is 20.2 Å². The Morgan fingerprint density at radius 3 is 2.73 bits per heavy atom. The number of ether oxygens (including phenoxy) is 1. The van der Waals surface area contributed by atoms with Crippen molar-refractivity contribution in [3.63, 3.8) is 0 Å². The van der Waals surface area contributed by atoms with Crippen molar-refractivity contribution in [3.05, 3.63) is 35.9 Å². The van der Waals surface area contributed by atoms with E-state index in [0.29, 0.717) is 12.6 Å². The van der Waals surface area contributed by atoms with E-state index in [1.165, 1.54) is 5.56 Å². The minimum Gasteiger partial charge on any atom is -0.379 e. The van der Waals surface area contributed by atoms with E-state index in [9.17, 15) is 4.79 Å². The molecule has 1 fully saturated rings. The maximum absolute atomic E-state index is 12.3. The Balaban J connectivity index is 0.00000242. The van der Waals surface area contributed by atoms with Gasteiger partial charge in [0.1, 0.15) is 0 Å².